The number of nitrogens with one attached hydrogen (secondary N) is 1. The summed E-state index contributed by atoms with van der Waals surface area (Å²) in [7, 11) is -4.15. The minimum atomic E-state index is -4.15. The van der Waals surface area contributed by atoms with Gasteiger partial charge in [-0.1, -0.05) is 55.5 Å². The highest BCUT2D eigenvalue weighted by Gasteiger charge is 2.33. The summed E-state index contributed by atoms with van der Waals surface area (Å²) in [5.41, 5.74) is 1.26. The Labute approximate surface area is 235 Å². The number of ether oxygens (including phenoxy) is 2. The van der Waals surface area contributed by atoms with Gasteiger partial charge >= 0.3 is 0 Å². The Hall–Kier alpha value is -4.05. The van der Waals surface area contributed by atoms with E-state index < -0.39 is 28.5 Å². The van der Waals surface area contributed by atoms with Crippen LogP contribution in [-0.2, 0) is 26.0 Å². The third-order valence-electron chi connectivity index (χ3n) is 6.62. The van der Waals surface area contributed by atoms with Gasteiger partial charge in [-0.2, -0.15) is 0 Å². The SMILES string of the molecule is CCCNC(=O)[C@@H](C)N(CCc1ccccc1)C(=O)CN(c1ccc2c(c1)OCCO2)S(=O)(=O)c1ccccc1. The summed E-state index contributed by atoms with van der Waals surface area (Å²) in [5, 5.41) is 2.85. The zero-order chi connectivity index (χ0) is 28.5. The minimum Gasteiger partial charge on any atom is -0.486 e. The largest absolute Gasteiger partial charge is 0.486 e. The van der Waals surface area contributed by atoms with Crippen LogP contribution in [0.15, 0.2) is 83.8 Å². The van der Waals surface area contributed by atoms with Gasteiger partial charge in [0.05, 0.1) is 10.6 Å². The highest BCUT2D eigenvalue weighted by atomic mass is 32.2. The number of anilines is 1. The lowest BCUT2D eigenvalue weighted by molar-refractivity contribution is -0.138. The zero-order valence-corrected chi connectivity index (χ0v) is 23.6. The van der Waals surface area contributed by atoms with E-state index >= 15 is 0 Å². The number of carbonyl (C=O) groups is 2. The lowest BCUT2D eigenvalue weighted by Crippen LogP contribution is -2.52. The maximum Gasteiger partial charge on any atom is 0.264 e. The molecule has 40 heavy (non-hydrogen) atoms. The molecule has 3 aromatic rings. The molecular formula is C30H35N3O6S. The zero-order valence-electron chi connectivity index (χ0n) is 22.8. The van der Waals surface area contributed by atoms with Crippen LogP contribution in [0.1, 0.15) is 25.8 Å². The van der Waals surface area contributed by atoms with E-state index in [-0.39, 0.29) is 23.0 Å². The molecule has 0 radical (unpaired) electrons. The summed E-state index contributed by atoms with van der Waals surface area (Å²) in [4.78, 5) is 28.3. The van der Waals surface area contributed by atoms with Crippen molar-refractivity contribution >= 4 is 27.5 Å². The number of rotatable bonds is 12. The van der Waals surface area contributed by atoms with Crippen LogP contribution in [0.25, 0.3) is 0 Å². The van der Waals surface area contributed by atoms with E-state index in [1.807, 2.05) is 37.3 Å². The predicted molar refractivity (Wildman–Crippen MR) is 153 cm³/mol. The van der Waals surface area contributed by atoms with Gasteiger partial charge in [0.15, 0.2) is 11.5 Å². The molecular weight excluding hydrogens is 530 g/mol. The summed E-state index contributed by atoms with van der Waals surface area (Å²) < 4.78 is 40.1. The molecule has 4 rings (SSSR count). The average molecular weight is 566 g/mol. The van der Waals surface area contributed by atoms with Crippen molar-refractivity contribution in [3.8, 4) is 11.5 Å². The Morgan fingerprint density at radius 2 is 1.57 bits per heavy atom. The van der Waals surface area contributed by atoms with E-state index in [0.717, 1.165) is 16.3 Å². The molecule has 10 heteroatoms. The van der Waals surface area contributed by atoms with Gasteiger partial charge in [-0.3, -0.25) is 13.9 Å². The molecule has 0 saturated carbocycles. The van der Waals surface area contributed by atoms with Crippen molar-refractivity contribution in [2.45, 2.75) is 37.6 Å². The summed E-state index contributed by atoms with van der Waals surface area (Å²) in [5.74, 6) is 0.117. The smallest absolute Gasteiger partial charge is 0.264 e. The van der Waals surface area contributed by atoms with Crippen LogP contribution in [0, 0.1) is 0 Å². The van der Waals surface area contributed by atoms with Crippen LogP contribution in [0.2, 0.25) is 0 Å². The standard InChI is InChI=1S/C30H35N3O6S/c1-3-17-31-30(35)23(2)32(18-16-24-10-6-4-7-11-24)29(34)22-33(40(36,37)26-12-8-5-9-13-26)25-14-15-27-28(21-25)39-20-19-38-27/h4-15,21,23H,3,16-20,22H2,1-2H3,(H,31,35)/t23-/m1/s1. The Morgan fingerprint density at radius 1 is 0.925 bits per heavy atom. The Morgan fingerprint density at radius 3 is 2.25 bits per heavy atom. The molecule has 0 spiro atoms. The van der Waals surface area contributed by atoms with Crippen molar-refractivity contribution in [2.75, 3.05) is 37.2 Å². The highest BCUT2D eigenvalue weighted by molar-refractivity contribution is 7.92. The maximum atomic E-state index is 13.9. The number of hydrogen-bond donors (Lipinski definition) is 1. The van der Waals surface area contributed by atoms with Gasteiger partial charge in [0.1, 0.15) is 25.8 Å². The molecule has 0 aromatic heterocycles. The summed E-state index contributed by atoms with van der Waals surface area (Å²) in [6.07, 6.45) is 1.26. The van der Waals surface area contributed by atoms with E-state index in [1.165, 1.54) is 17.0 Å². The first-order chi connectivity index (χ1) is 19.3. The normalized spacial score (nSPS) is 13.2. The quantitative estimate of drug-likeness (QED) is 0.360. The predicted octanol–water partition coefficient (Wildman–Crippen LogP) is 3.64. The van der Waals surface area contributed by atoms with Crippen molar-refractivity contribution in [3.63, 3.8) is 0 Å². The molecule has 2 amide bonds. The first kappa shape index (κ1) is 28.9. The molecule has 9 nitrogen and oxygen atoms in total. The number of sulfonamides is 1. The highest BCUT2D eigenvalue weighted by Crippen LogP contribution is 2.35. The van der Waals surface area contributed by atoms with Gasteiger partial charge in [-0.25, -0.2) is 8.42 Å². The third kappa shape index (κ3) is 6.93. The molecule has 1 aliphatic heterocycles. The van der Waals surface area contributed by atoms with Crippen LogP contribution < -0.4 is 19.1 Å². The van der Waals surface area contributed by atoms with Crippen LogP contribution in [0.3, 0.4) is 0 Å². The van der Waals surface area contributed by atoms with Gasteiger partial charge in [-0.15, -0.1) is 0 Å². The van der Waals surface area contributed by atoms with E-state index in [0.29, 0.717) is 37.7 Å². The number of benzene rings is 3. The molecule has 1 heterocycles. The second-order valence-corrected chi connectivity index (χ2v) is 11.3. The molecule has 0 bridgehead atoms. The van der Waals surface area contributed by atoms with Crippen LogP contribution in [-0.4, -0.2) is 64.0 Å². The molecule has 0 saturated heterocycles. The number of carbonyl (C=O) groups excluding carboxylic acids is 2. The third-order valence-corrected chi connectivity index (χ3v) is 8.41. The Balaban J connectivity index is 1.68. The topological polar surface area (TPSA) is 105 Å². The van der Waals surface area contributed by atoms with Crippen LogP contribution in [0.5, 0.6) is 11.5 Å². The molecule has 0 fully saturated rings. The summed E-state index contributed by atoms with van der Waals surface area (Å²) >= 11 is 0. The van der Waals surface area contributed by atoms with Gasteiger partial charge < -0.3 is 19.7 Å². The van der Waals surface area contributed by atoms with Gasteiger partial charge in [0, 0.05) is 19.2 Å². The molecule has 3 aromatic carbocycles. The van der Waals surface area contributed by atoms with E-state index in [1.54, 1.807) is 43.3 Å². The van der Waals surface area contributed by atoms with Crippen molar-refractivity contribution in [1.29, 1.82) is 0 Å². The van der Waals surface area contributed by atoms with Gasteiger partial charge in [-0.05, 0) is 49.6 Å². The number of hydrogen-bond acceptors (Lipinski definition) is 6. The summed E-state index contributed by atoms with van der Waals surface area (Å²) in [6, 6.07) is 21.6. The van der Waals surface area contributed by atoms with E-state index in [9.17, 15) is 18.0 Å². The van der Waals surface area contributed by atoms with Gasteiger partial charge in [0.25, 0.3) is 10.0 Å². The second-order valence-electron chi connectivity index (χ2n) is 9.44. The van der Waals surface area contributed by atoms with Crippen molar-refractivity contribution < 1.29 is 27.5 Å². The number of amides is 2. The molecule has 1 aliphatic rings. The van der Waals surface area contributed by atoms with Crippen LogP contribution in [0.4, 0.5) is 5.69 Å². The van der Waals surface area contributed by atoms with Gasteiger partial charge in [0.2, 0.25) is 11.8 Å². The average Bonchev–Trinajstić information content (AvgIpc) is 2.99. The molecule has 1 atom stereocenters. The Kier molecular flexibility index (Phi) is 9.65. The first-order valence-electron chi connectivity index (χ1n) is 13.4. The minimum absolute atomic E-state index is 0.0438. The molecule has 212 valence electrons. The molecule has 0 unspecified atom stereocenters. The lowest BCUT2D eigenvalue weighted by Gasteiger charge is -2.32. The van der Waals surface area contributed by atoms with Crippen molar-refractivity contribution in [3.05, 3.63) is 84.4 Å². The fraction of sp³-hybridized carbons (Fsp3) is 0.333. The monoisotopic (exact) mass is 565 g/mol. The number of fused-ring (bicyclic) bond motifs is 1. The lowest BCUT2D eigenvalue weighted by atomic mass is 10.1. The fourth-order valence-corrected chi connectivity index (χ4v) is 5.83. The first-order valence-corrected chi connectivity index (χ1v) is 14.8. The van der Waals surface area contributed by atoms with E-state index in [4.69, 9.17) is 9.47 Å². The number of nitrogens with zero attached hydrogens (tertiary/aromatic N) is 2. The van der Waals surface area contributed by atoms with Crippen molar-refractivity contribution in [2.24, 2.45) is 0 Å². The maximum absolute atomic E-state index is 13.9. The Bertz CT molecular complexity index is 1400. The second kappa shape index (κ2) is 13.3. The summed E-state index contributed by atoms with van der Waals surface area (Å²) in [6.45, 7) is 4.55. The van der Waals surface area contributed by atoms with E-state index in [2.05, 4.69) is 5.32 Å². The van der Waals surface area contributed by atoms with Crippen molar-refractivity contribution in [1.82, 2.24) is 10.2 Å². The molecule has 1 N–H and O–H groups in total. The fourth-order valence-electron chi connectivity index (χ4n) is 4.40. The molecule has 0 aliphatic carbocycles. The van der Waals surface area contributed by atoms with Crippen LogP contribution >= 0.6 is 0 Å².